The number of carbonyl (C=O) groups is 3. The first-order chi connectivity index (χ1) is 14.0. The van der Waals surface area contributed by atoms with Gasteiger partial charge in [0.05, 0.1) is 0 Å². The van der Waals surface area contributed by atoms with Gasteiger partial charge < -0.3 is 19.7 Å². The van der Waals surface area contributed by atoms with Crippen molar-refractivity contribution in [1.29, 1.82) is 0 Å². The standard InChI is InChI=1S/C22H24N2O5/c1-2-24(13-16-6-4-3-5-7-16)21(26)14-29-22(27)15-28-18-9-10-19-17(12-18)8-11-20(25)23-19/h3-7,9-10,12H,2,8,11,13-15H2,1H3,(H,23,25). The van der Waals surface area contributed by atoms with Crippen molar-refractivity contribution in [1.82, 2.24) is 4.90 Å². The molecule has 0 saturated carbocycles. The van der Waals surface area contributed by atoms with Crippen LogP contribution in [-0.4, -0.2) is 42.4 Å². The zero-order valence-electron chi connectivity index (χ0n) is 16.3. The van der Waals surface area contributed by atoms with Gasteiger partial charge in [-0.25, -0.2) is 4.79 Å². The maximum Gasteiger partial charge on any atom is 0.344 e. The molecule has 7 heteroatoms. The topological polar surface area (TPSA) is 84.9 Å². The molecule has 2 amide bonds. The number of nitrogens with one attached hydrogen (secondary N) is 1. The summed E-state index contributed by atoms with van der Waals surface area (Å²) in [6, 6.07) is 14.9. The average molecular weight is 396 g/mol. The quantitative estimate of drug-likeness (QED) is 0.693. The first-order valence-electron chi connectivity index (χ1n) is 9.58. The Hall–Kier alpha value is -3.35. The van der Waals surface area contributed by atoms with E-state index in [1.165, 1.54) is 0 Å². The van der Waals surface area contributed by atoms with Gasteiger partial charge in [-0.1, -0.05) is 30.3 Å². The van der Waals surface area contributed by atoms with Gasteiger partial charge in [-0.3, -0.25) is 9.59 Å². The van der Waals surface area contributed by atoms with E-state index in [2.05, 4.69) is 5.32 Å². The van der Waals surface area contributed by atoms with E-state index in [-0.39, 0.29) is 25.0 Å². The summed E-state index contributed by atoms with van der Waals surface area (Å²) in [7, 11) is 0. The number of esters is 1. The van der Waals surface area contributed by atoms with Crippen molar-refractivity contribution in [2.45, 2.75) is 26.3 Å². The molecule has 29 heavy (non-hydrogen) atoms. The molecule has 7 nitrogen and oxygen atoms in total. The summed E-state index contributed by atoms with van der Waals surface area (Å²) in [6.07, 6.45) is 1.06. The SMILES string of the molecule is CCN(Cc1ccccc1)C(=O)COC(=O)COc1ccc2c(c1)CCC(=O)N2. The smallest absolute Gasteiger partial charge is 0.344 e. The Morgan fingerprint density at radius 3 is 2.62 bits per heavy atom. The van der Waals surface area contributed by atoms with Gasteiger partial charge in [-0.05, 0) is 42.7 Å². The third-order valence-corrected chi connectivity index (χ3v) is 4.64. The number of rotatable bonds is 8. The Bertz CT molecular complexity index is 882. The van der Waals surface area contributed by atoms with Gasteiger partial charge >= 0.3 is 5.97 Å². The second-order valence-corrected chi connectivity index (χ2v) is 6.71. The molecule has 1 heterocycles. The molecule has 1 aliphatic heterocycles. The number of hydrogen-bond acceptors (Lipinski definition) is 5. The predicted molar refractivity (Wildman–Crippen MR) is 107 cm³/mol. The van der Waals surface area contributed by atoms with E-state index in [0.717, 1.165) is 16.8 Å². The van der Waals surface area contributed by atoms with Crippen molar-refractivity contribution in [2.75, 3.05) is 25.1 Å². The monoisotopic (exact) mass is 396 g/mol. The molecule has 2 aromatic carbocycles. The van der Waals surface area contributed by atoms with E-state index in [1.807, 2.05) is 37.3 Å². The molecule has 1 aliphatic rings. The van der Waals surface area contributed by atoms with Crippen molar-refractivity contribution in [3.8, 4) is 5.75 Å². The molecule has 0 atom stereocenters. The summed E-state index contributed by atoms with van der Waals surface area (Å²) in [4.78, 5) is 37.3. The number of fused-ring (bicyclic) bond motifs is 1. The molecule has 0 aromatic heterocycles. The van der Waals surface area contributed by atoms with Crippen molar-refractivity contribution >= 4 is 23.5 Å². The van der Waals surface area contributed by atoms with Crippen molar-refractivity contribution in [3.63, 3.8) is 0 Å². The summed E-state index contributed by atoms with van der Waals surface area (Å²) in [5.41, 5.74) is 2.74. The van der Waals surface area contributed by atoms with Crippen LogP contribution in [0.5, 0.6) is 5.75 Å². The highest BCUT2D eigenvalue weighted by atomic mass is 16.6. The summed E-state index contributed by atoms with van der Waals surface area (Å²) in [6.45, 7) is 2.26. The van der Waals surface area contributed by atoms with Gasteiger partial charge in [0.15, 0.2) is 13.2 Å². The van der Waals surface area contributed by atoms with Gasteiger partial charge in [0.25, 0.3) is 5.91 Å². The van der Waals surface area contributed by atoms with Crippen LogP contribution in [0.15, 0.2) is 48.5 Å². The Morgan fingerprint density at radius 2 is 1.86 bits per heavy atom. The van der Waals surface area contributed by atoms with E-state index in [4.69, 9.17) is 9.47 Å². The predicted octanol–water partition coefficient (Wildman–Crippen LogP) is 2.54. The Balaban J connectivity index is 1.44. The molecule has 152 valence electrons. The Morgan fingerprint density at radius 1 is 1.07 bits per heavy atom. The lowest BCUT2D eigenvalue weighted by molar-refractivity contribution is -0.153. The van der Waals surface area contributed by atoms with Gasteiger partial charge in [0.2, 0.25) is 5.91 Å². The highest BCUT2D eigenvalue weighted by molar-refractivity contribution is 5.94. The molecule has 0 saturated heterocycles. The largest absolute Gasteiger partial charge is 0.482 e. The van der Waals surface area contributed by atoms with Crippen LogP contribution in [0.1, 0.15) is 24.5 Å². The molecule has 0 radical (unpaired) electrons. The van der Waals surface area contributed by atoms with Crippen LogP contribution < -0.4 is 10.1 Å². The van der Waals surface area contributed by atoms with Crippen molar-refractivity contribution in [2.24, 2.45) is 0 Å². The minimum atomic E-state index is -0.611. The average Bonchev–Trinajstić information content (AvgIpc) is 2.75. The third kappa shape index (κ3) is 5.81. The number of likely N-dealkylation sites (N-methyl/N-ethyl adjacent to an activating group) is 1. The molecule has 0 aliphatic carbocycles. The highest BCUT2D eigenvalue weighted by Gasteiger charge is 2.17. The summed E-state index contributed by atoms with van der Waals surface area (Å²) in [5, 5.41) is 2.79. The Labute approximate surface area is 169 Å². The molecule has 2 aromatic rings. The van der Waals surface area contributed by atoms with Crippen LogP contribution in [0.4, 0.5) is 5.69 Å². The van der Waals surface area contributed by atoms with E-state index < -0.39 is 5.97 Å². The summed E-state index contributed by atoms with van der Waals surface area (Å²) >= 11 is 0. The van der Waals surface area contributed by atoms with Crippen LogP contribution in [0.25, 0.3) is 0 Å². The number of carbonyl (C=O) groups excluding carboxylic acids is 3. The van der Waals surface area contributed by atoms with Crippen molar-refractivity contribution < 1.29 is 23.9 Å². The fourth-order valence-corrected chi connectivity index (χ4v) is 3.05. The number of ether oxygens (including phenoxy) is 2. The summed E-state index contributed by atoms with van der Waals surface area (Å²) < 4.78 is 10.5. The summed E-state index contributed by atoms with van der Waals surface area (Å²) in [5.74, 6) is -0.357. The second-order valence-electron chi connectivity index (χ2n) is 6.71. The molecular weight excluding hydrogens is 372 g/mol. The molecule has 0 spiro atoms. The fraction of sp³-hybridized carbons (Fsp3) is 0.318. The second kappa shape index (κ2) is 9.73. The molecule has 3 rings (SSSR count). The minimum Gasteiger partial charge on any atom is -0.482 e. The first kappa shape index (κ1) is 20.4. The molecule has 1 N–H and O–H groups in total. The normalized spacial score (nSPS) is 12.5. The zero-order chi connectivity index (χ0) is 20.6. The first-order valence-corrected chi connectivity index (χ1v) is 9.58. The van der Waals surface area contributed by atoms with E-state index in [9.17, 15) is 14.4 Å². The van der Waals surface area contributed by atoms with Gasteiger partial charge in [0.1, 0.15) is 5.75 Å². The van der Waals surface area contributed by atoms with Gasteiger partial charge in [0, 0.05) is 25.2 Å². The molecular formula is C22H24N2O5. The highest BCUT2D eigenvalue weighted by Crippen LogP contribution is 2.26. The molecule has 0 unspecified atom stereocenters. The number of amides is 2. The molecule has 0 fully saturated rings. The maximum absolute atomic E-state index is 12.3. The lowest BCUT2D eigenvalue weighted by Gasteiger charge is -2.21. The number of aryl methyl sites for hydroxylation is 1. The number of hydrogen-bond donors (Lipinski definition) is 1. The van der Waals surface area contributed by atoms with Crippen LogP contribution in [0.3, 0.4) is 0 Å². The van der Waals surface area contributed by atoms with E-state index in [1.54, 1.807) is 23.1 Å². The minimum absolute atomic E-state index is 0.00667. The van der Waals surface area contributed by atoms with Crippen LogP contribution in [-0.2, 0) is 32.1 Å². The number of benzene rings is 2. The van der Waals surface area contributed by atoms with E-state index in [0.29, 0.717) is 31.7 Å². The van der Waals surface area contributed by atoms with Gasteiger partial charge in [-0.2, -0.15) is 0 Å². The Kier molecular flexibility index (Phi) is 6.84. The molecule has 0 bridgehead atoms. The van der Waals surface area contributed by atoms with Gasteiger partial charge in [-0.15, -0.1) is 0 Å². The lowest BCUT2D eigenvalue weighted by Crippen LogP contribution is -2.34. The third-order valence-electron chi connectivity index (χ3n) is 4.64. The van der Waals surface area contributed by atoms with Crippen LogP contribution >= 0.6 is 0 Å². The lowest BCUT2D eigenvalue weighted by atomic mass is 10.0. The number of nitrogens with zero attached hydrogens (tertiary/aromatic N) is 1. The number of anilines is 1. The van der Waals surface area contributed by atoms with E-state index >= 15 is 0 Å². The fourth-order valence-electron chi connectivity index (χ4n) is 3.05. The van der Waals surface area contributed by atoms with Crippen molar-refractivity contribution in [3.05, 3.63) is 59.7 Å². The maximum atomic E-state index is 12.3. The van der Waals surface area contributed by atoms with Crippen LogP contribution in [0.2, 0.25) is 0 Å². The zero-order valence-corrected chi connectivity index (χ0v) is 16.3. The van der Waals surface area contributed by atoms with Crippen LogP contribution in [0, 0.1) is 0 Å².